The zero-order chi connectivity index (χ0) is 35.6. The van der Waals surface area contributed by atoms with Crippen LogP contribution in [-0.4, -0.2) is 59.8 Å². The Kier molecular flexibility index (Phi) is 6.48. The first-order valence-corrected chi connectivity index (χ1v) is 17.0. The van der Waals surface area contributed by atoms with Gasteiger partial charge in [0, 0.05) is 22.3 Å². The minimum atomic E-state index is 0.289. The Morgan fingerprint density at radius 1 is 0.222 bits per heavy atom. The van der Waals surface area contributed by atoms with Gasteiger partial charge in [0.15, 0.2) is 23.3 Å². The Morgan fingerprint density at radius 3 is 0.648 bits per heavy atom. The minimum absolute atomic E-state index is 0.289. The molecule has 0 aliphatic carbocycles. The summed E-state index contributed by atoms with van der Waals surface area (Å²) < 4.78 is 0. The van der Waals surface area contributed by atoms with Gasteiger partial charge in [-0.3, -0.25) is 0 Å². The molecule has 11 rings (SSSR count). The van der Waals surface area contributed by atoms with Gasteiger partial charge >= 0.3 is 0 Å². The van der Waals surface area contributed by atoms with Crippen LogP contribution in [0.3, 0.4) is 0 Å². The number of fused-ring (bicyclic) bond motifs is 6. The standard InChI is InChI=1S/C40H22N14/c1-5-13-21(14-6-1)25-26(22-15-7-2-8-16-22)42-30-29(41-25)45-33-34(46-30)50-38-37(49-33)53-39-40(54-38)52-36-35(51-39)47-31-32(48-36)44-28(24-19-11-4-12-20-24)27(43-31)23-17-9-3-10-18-23/h1-20H,(H,41,43,45,47,49,51,53)(H,42,44,46,48,50,52,54). The number of rotatable bonds is 4. The molecule has 0 saturated carbocycles. The molecular formula is C40H22N14. The molecule has 14 nitrogen and oxygen atoms in total. The fourth-order valence-electron chi connectivity index (χ4n) is 6.43. The number of nitrogens with zero attached hydrogens (tertiary/aromatic N) is 12. The number of anilines is 4. The van der Waals surface area contributed by atoms with Crippen molar-refractivity contribution in [1.82, 2.24) is 59.8 Å². The van der Waals surface area contributed by atoms with E-state index in [4.69, 9.17) is 59.8 Å². The molecule has 6 aromatic heterocycles. The van der Waals surface area contributed by atoms with E-state index in [1.54, 1.807) is 0 Å². The van der Waals surface area contributed by atoms with Crippen molar-refractivity contribution in [2.45, 2.75) is 0 Å². The van der Waals surface area contributed by atoms with Crippen molar-refractivity contribution in [3.05, 3.63) is 121 Å². The summed E-state index contributed by atoms with van der Waals surface area (Å²) in [5.74, 6) is 1.56. The number of aromatic nitrogens is 12. The summed E-state index contributed by atoms with van der Waals surface area (Å²) in [4.78, 5) is 57.8. The van der Waals surface area contributed by atoms with Crippen molar-refractivity contribution in [3.63, 3.8) is 0 Å². The summed E-state index contributed by atoms with van der Waals surface area (Å²) in [5, 5.41) is 6.48. The molecule has 0 spiro atoms. The second-order valence-electron chi connectivity index (χ2n) is 12.4. The van der Waals surface area contributed by atoms with Crippen LogP contribution in [0.25, 0.3) is 90.2 Å². The van der Waals surface area contributed by atoms with Gasteiger partial charge in [0.1, 0.15) is 0 Å². The molecule has 0 atom stereocenters. The van der Waals surface area contributed by atoms with Crippen molar-refractivity contribution in [3.8, 4) is 45.0 Å². The molecule has 54 heavy (non-hydrogen) atoms. The Morgan fingerprint density at radius 2 is 0.426 bits per heavy atom. The van der Waals surface area contributed by atoms with Gasteiger partial charge in [-0.1, -0.05) is 121 Å². The van der Waals surface area contributed by atoms with E-state index in [0.717, 1.165) is 22.3 Å². The molecule has 0 unspecified atom stereocenters. The van der Waals surface area contributed by atoms with Gasteiger partial charge in [-0.05, 0) is 0 Å². The smallest absolute Gasteiger partial charge is 0.202 e. The third-order valence-corrected chi connectivity index (χ3v) is 8.95. The van der Waals surface area contributed by atoms with Crippen LogP contribution in [0.15, 0.2) is 121 Å². The zero-order valence-corrected chi connectivity index (χ0v) is 27.9. The summed E-state index contributed by atoms with van der Waals surface area (Å²) in [6, 6.07) is 39.5. The fraction of sp³-hybridized carbons (Fsp3) is 0. The molecule has 14 heteroatoms. The van der Waals surface area contributed by atoms with Crippen molar-refractivity contribution >= 4 is 68.4 Å². The molecule has 1 aliphatic heterocycles. The van der Waals surface area contributed by atoms with Crippen LogP contribution >= 0.6 is 0 Å². The van der Waals surface area contributed by atoms with Crippen molar-refractivity contribution < 1.29 is 0 Å². The van der Waals surface area contributed by atoms with E-state index in [1.807, 2.05) is 121 Å². The second kappa shape index (κ2) is 11.8. The van der Waals surface area contributed by atoms with Crippen LogP contribution in [0.5, 0.6) is 0 Å². The fourth-order valence-corrected chi connectivity index (χ4v) is 6.43. The first-order chi connectivity index (χ1) is 26.7. The zero-order valence-electron chi connectivity index (χ0n) is 27.9. The molecule has 1 aliphatic rings. The summed E-state index contributed by atoms with van der Waals surface area (Å²) >= 11 is 0. The maximum Gasteiger partial charge on any atom is 0.202 e. The Bertz CT molecular complexity index is 2670. The maximum absolute atomic E-state index is 4.94. The van der Waals surface area contributed by atoms with E-state index in [2.05, 4.69) is 10.6 Å². The van der Waals surface area contributed by atoms with Gasteiger partial charge in [0.25, 0.3) is 0 Å². The lowest BCUT2D eigenvalue weighted by molar-refractivity contribution is 1.10. The van der Waals surface area contributed by atoms with Crippen molar-refractivity contribution in [2.24, 2.45) is 0 Å². The molecular weight excluding hydrogens is 677 g/mol. The third kappa shape index (κ3) is 4.97. The Labute approximate surface area is 304 Å². The monoisotopic (exact) mass is 698 g/mol. The molecule has 2 N–H and O–H groups in total. The van der Waals surface area contributed by atoms with Crippen LogP contribution in [0.2, 0.25) is 0 Å². The van der Waals surface area contributed by atoms with E-state index < -0.39 is 0 Å². The lowest BCUT2D eigenvalue weighted by Crippen LogP contribution is -2.14. The lowest BCUT2D eigenvalue weighted by Gasteiger charge is -2.19. The maximum atomic E-state index is 4.94. The first kappa shape index (κ1) is 29.7. The second-order valence-corrected chi connectivity index (χ2v) is 12.4. The average Bonchev–Trinajstić information content (AvgIpc) is 3.23. The van der Waals surface area contributed by atoms with Crippen LogP contribution in [-0.2, 0) is 0 Å². The van der Waals surface area contributed by atoms with E-state index >= 15 is 0 Å². The number of nitrogens with one attached hydrogen (secondary N) is 2. The van der Waals surface area contributed by atoms with Crippen LogP contribution in [0.4, 0.5) is 23.3 Å². The van der Waals surface area contributed by atoms with Crippen molar-refractivity contribution in [1.29, 1.82) is 0 Å². The van der Waals surface area contributed by atoms with Gasteiger partial charge in [-0.25, -0.2) is 59.8 Å². The topological polar surface area (TPSA) is 179 Å². The largest absolute Gasteiger partial charge is 0.319 e. The Hall–Kier alpha value is -8.00. The van der Waals surface area contributed by atoms with Gasteiger partial charge in [0.2, 0.25) is 45.2 Å². The van der Waals surface area contributed by atoms with E-state index in [9.17, 15) is 0 Å². The summed E-state index contributed by atoms with van der Waals surface area (Å²) in [6.07, 6.45) is 0. The quantitative estimate of drug-likeness (QED) is 0.172. The predicted molar refractivity (Wildman–Crippen MR) is 205 cm³/mol. The SMILES string of the molecule is c1ccc(-c2nc3nc4nc5c(nc4nc3nc2-c2ccccc2)Nc2nc3nc4nc(-c6ccccc6)c(-c6ccccc6)nc4nc3nc2N5)cc1. The highest BCUT2D eigenvalue weighted by atomic mass is 15.3. The van der Waals surface area contributed by atoms with Crippen molar-refractivity contribution in [2.75, 3.05) is 10.6 Å². The molecule has 7 heterocycles. The summed E-state index contributed by atoms with van der Waals surface area (Å²) in [5.41, 5.74) is 8.94. The molecule has 252 valence electrons. The highest BCUT2D eigenvalue weighted by Gasteiger charge is 2.25. The number of benzene rings is 4. The third-order valence-electron chi connectivity index (χ3n) is 8.95. The van der Waals surface area contributed by atoms with Gasteiger partial charge < -0.3 is 10.6 Å². The summed E-state index contributed by atoms with van der Waals surface area (Å²) in [6.45, 7) is 0. The van der Waals surface area contributed by atoms with Crippen LogP contribution in [0, 0.1) is 0 Å². The van der Waals surface area contributed by atoms with E-state index in [1.165, 1.54) is 0 Å². The highest BCUT2D eigenvalue weighted by Crippen LogP contribution is 2.37. The van der Waals surface area contributed by atoms with Gasteiger partial charge in [0.05, 0.1) is 22.8 Å². The van der Waals surface area contributed by atoms with E-state index in [-0.39, 0.29) is 22.6 Å². The molecule has 0 radical (unpaired) electrons. The van der Waals surface area contributed by atoms with Crippen LogP contribution < -0.4 is 10.6 Å². The van der Waals surface area contributed by atoms with Gasteiger partial charge in [-0.2, -0.15) is 0 Å². The minimum Gasteiger partial charge on any atom is -0.319 e. The first-order valence-electron chi connectivity index (χ1n) is 17.0. The lowest BCUT2D eigenvalue weighted by atomic mass is 10.0. The van der Waals surface area contributed by atoms with Gasteiger partial charge in [-0.15, -0.1) is 0 Å². The molecule has 0 bridgehead atoms. The molecule has 0 saturated heterocycles. The predicted octanol–water partition coefficient (Wildman–Crippen LogP) is 7.51. The average molecular weight is 699 g/mol. The summed E-state index contributed by atoms with van der Waals surface area (Å²) in [7, 11) is 0. The molecule has 0 amide bonds. The normalized spacial score (nSPS) is 12.0. The highest BCUT2D eigenvalue weighted by molar-refractivity contribution is 5.92. The van der Waals surface area contributed by atoms with E-state index in [0.29, 0.717) is 68.6 Å². The number of hydrogen-bond acceptors (Lipinski definition) is 14. The van der Waals surface area contributed by atoms with Crippen LogP contribution in [0.1, 0.15) is 0 Å². The molecule has 0 fully saturated rings. The number of hydrogen-bond donors (Lipinski definition) is 2. The molecule has 4 aromatic carbocycles. The molecule has 10 aromatic rings. The Balaban J connectivity index is 1.02.